The normalized spacial score (nSPS) is 26.1. The van der Waals surface area contributed by atoms with E-state index in [0.29, 0.717) is 6.04 Å². The molecule has 0 aromatic heterocycles. The molecule has 1 nitrogen and oxygen atoms in total. The van der Waals surface area contributed by atoms with Gasteiger partial charge in [-0.3, -0.25) is 0 Å². The van der Waals surface area contributed by atoms with E-state index in [0.717, 1.165) is 6.42 Å². The van der Waals surface area contributed by atoms with Gasteiger partial charge >= 0.3 is 0 Å². The van der Waals surface area contributed by atoms with Gasteiger partial charge in [0, 0.05) is 11.7 Å². The van der Waals surface area contributed by atoms with E-state index in [2.05, 4.69) is 38.2 Å². The molecule has 1 N–H and O–H groups in total. The Labute approximate surface area is 62.8 Å². The van der Waals surface area contributed by atoms with Gasteiger partial charge in [0.05, 0.1) is 0 Å². The van der Waals surface area contributed by atoms with Crippen LogP contribution in [-0.2, 0) is 0 Å². The Hall–Kier alpha value is -0.720. The Morgan fingerprint density at radius 3 is 2.90 bits per heavy atom. The molecule has 1 aliphatic heterocycles. The Morgan fingerprint density at radius 1 is 1.50 bits per heavy atom. The molecule has 0 aromatic rings. The molecular formula is C9H15N. The summed E-state index contributed by atoms with van der Waals surface area (Å²) in [4.78, 5) is 0. The van der Waals surface area contributed by atoms with Crippen molar-refractivity contribution in [1.82, 2.24) is 5.32 Å². The molecule has 1 rings (SSSR count). The Morgan fingerprint density at radius 2 is 2.20 bits per heavy atom. The zero-order valence-corrected chi connectivity index (χ0v) is 6.94. The monoisotopic (exact) mass is 137 g/mol. The van der Waals surface area contributed by atoms with Gasteiger partial charge in [-0.05, 0) is 33.3 Å². The molecule has 0 saturated carbocycles. The second-order valence-corrected chi connectivity index (χ2v) is 3.06. The van der Waals surface area contributed by atoms with Gasteiger partial charge in [-0.15, -0.1) is 0 Å². The van der Waals surface area contributed by atoms with Crippen molar-refractivity contribution in [2.75, 3.05) is 0 Å². The van der Waals surface area contributed by atoms with E-state index in [1.54, 1.807) is 0 Å². The lowest BCUT2D eigenvalue weighted by Crippen LogP contribution is -2.22. The molecule has 0 amide bonds. The first-order valence-corrected chi connectivity index (χ1v) is 3.80. The van der Waals surface area contributed by atoms with Gasteiger partial charge < -0.3 is 5.32 Å². The first-order valence-electron chi connectivity index (χ1n) is 3.80. The summed E-state index contributed by atoms with van der Waals surface area (Å²) in [7, 11) is 0. The molecule has 56 valence electrons. The van der Waals surface area contributed by atoms with Crippen molar-refractivity contribution in [2.45, 2.75) is 33.2 Å². The average molecular weight is 137 g/mol. The third kappa shape index (κ3) is 1.90. The lowest BCUT2D eigenvalue weighted by molar-refractivity contribution is 0.627. The fourth-order valence-corrected chi connectivity index (χ4v) is 1.25. The third-order valence-electron chi connectivity index (χ3n) is 1.71. The zero-order chi connectivity index (χ0) is 7.56. The Balaban J connectivity index is 2.71. The van der Waals surface area contributed by atoms with Gasteiger partial charge in [0.1, 0.15) is 0 Å². The van der Waals surface area contributed by atoms with Crippen molar-refractivity contribution in [3.05, 3.63) is 23.4 Å². The SMILES string of the molecule is CC1=CCC(C)NC(C)=C1. The van der Waals surface area contributed by atoms with Crippen LogP contribution < -0.4 is 5.32 Å². The molecule has 0 radical (unpaired) electrons. The predicted octanol–water partition coefficient (Wildman–Crippen LogP) is 2.22. The highest BCUT2D eigenvalue weighted by Crippen LogP contribution is 2.08. The molecule has 0 saturated heterocycles. The topological polar surface area (TPSA) is 12.0 Å². The quantitative estimate of drug-likeness (QED) is 0.540. The van der Waals surface area contributed by atoms with Gasteiger partial charge in [0.15, 0.2) is 0 Å². The maximum absolute atomic E-state index is 3.38. The summed E-state index contributed by atoms with van der Waals surface area (Å²) in [5, 5.41) is 3.38. The highest BCUT2D eigenvalue weighted by molar-refractivity contribution is 5.22. The molecule has 1 heterocycles. The minimum absolute atomic E-state index is 0.591. The number of nitrogens with one attached hydrogen (secondary N) is 1. The summed E-state index contributed by atoms with van der Waals surface area (Å²) >= 11 is 0. The number of hydrogen-bond acceptors (Lipinski definition) is 1. The van der Waals surface area contributed by atoms with Crippen molar-refractivity contribution in [2.24, 2.45) is 0 Å². The van der Waals surface area contributed by atoms with Gasteiger partial charge in [-0.2, -0.15) is 0 Å². The average Bonchev–Trinajstić information content (AvgIpc) is 1.93. The number of hydrogen-bond donors (Lipinski definition) is 1. The minimum atomic E-state index is 0.591. The first kappa shape index (κ1) is 7.39. The maximum Gasteiger partial charge on any atom is 0.0264 e. The van der Waals surface area contributed by atoms with Crippen LogP contribution in [0.15, 0.2) is 23.4 Å². The fraction of sp³-hybridized carbons (Fsp3) is 0.556. The van der Waals surface area contributed by atoms with E-state index in [-0.39, 0.29) is 0 Å². The van der Waals surface area contributed by atoms with Gasteiger partial charge in [-0.1, -0.05) is 11.6 Å². The Bertz CT molecular complexity index is 177. The van der Waals surface area contributed by atoms with Crippen molar-refractivity contribution in [1.29, 1.82) is 0 Å². The molecule has 0 fully saturated rings. The van der Waals surface area contributed by atoms with Gasteiger partial charge in [0.2, 0.25) is 0 Å². The first-order chi connectivity index (χ1) is 4.68. The van der Waals surface area contributed by atoms with Crippen LogP contribution in [0, 0.1) is 0 Å². The van der Waals surface area contributed by atoms with Crippen molar-refractivity contribution in [3.63, 3.8) is 0 Å². The molecule has 1 aliphatic rings. The van der Waals surface area contributed by atoms with Crippen LogP contribution in [0.4, 0.5) is 0 Å². The van der Waals surface area contributed by atoms with Crippen LogP contribution in [0.3, 0.4) is 0 Å². The second kappa shape index (κ2) is 2.91. The van der Waals surface area contributed by atoms with Gasteiger partial charge in [-0.25, -0.2) is 0 Å². The van der Waals surface area contributed by atoms with Crippen LogP contribution >= 0.6 is 0 Å². The van der Waals surface area contributed by atoms with Crippen molar-refractivity contribution in [3.8, 4) is 0 Å². The molecule has 1 atom stereocenters. The fourth-order valence-electron chi connectivity index (χ4n) is 1.25. The molecule has 0 aromatic carbocycles. The summed E-state index contributed by atoms with van der Waals surface area (Å²) < 4.78 is 0. The van der Waals surface area contributed by atoms with E-state index in [9.17, 15) is 0 Å². The van der Waals surface area contributed by atoms with E-state index in [1.165, 1.54) is 11.3 Å². The summed E-state index contributed by atoms with van der Waals surface area (Å²) in [6, 6.07) is 0.591. The molecule has 1 unspecified atom stereocenters. The van der Waals surface area contributed by atoms with Crippen molar-refractivity contribution < 1.29 is 0 Å². The largest absolute Gasteiger partial charge is 0.386 e. The lowest BCUT2D eigenvalue weighted by Gasteiger charge is -2.10. The number of rotatable bonds is 0. The van der Waals surface area contributed by atoms with E-state index in [1.807, 2.05) is 0 Å². The minimum Gasteiger partial charge on any atom is -0.386 e. The number of allylic oxidation sites excluding steroid dienone is 3. The van der Waals surface area contributed by atoms with Gasteiger partial charge in [0.25, 0.3) is 0 Å². The van der Waals surface area contributed by atoms with Crippen LogP contribution in [0.2, 0.25) is 0 Å². The molecule has 0 spiro atoms. The van der Waals surface area contributed by atoms with E-state index in [4.69, 9.17) is 0 Å². The predicted molar refractivity (Wildman–Crippen MR) is 44.7 cm³/mol. The molecule has 0 aliphatic carbocycles. The van der Waals surface area contributed by atoms with Crippen LogP contribution in [0.5, 0.6) is 0 Å². The third-order valence-corrected chi connectivity index (χ3v) is 1.71. The lowest BCUT2D eigenvalue weighted by atomic mass is 10.2. The molecule has 1 heteroatoms. The summed E-state index contributed by atoms with van der Waals surface area (Å²) in [6.45, 7) is 6.45. The van der Waals surface area contributed by atoms with Crippen LogP contribution in [-0.4, -0.2) is 6.04 Å². The standard InChI is InChI=1S/C9H15N/c1-7-4-5-8(2)10-9(3)6-7/h4,6,8,10H,5H2,1-3H3. The highest BCUT2D eigenvalue weighted by Gasteiger charge is 2.02. The van der Waals surface area contributed by atoms with E-state index < -0.39 is 0 Å². The highest BCUT2D eigenvalue weighted by atomic mass is 14.9. The second-order valence-electron chi connectivity index (χ2n) is 3.06. The molecule has 0 bridgehead atoms. The summed E-state index contributed by atoms with van der Waals surface area (Å²) in [5.41, 5.74) is 2.65. The van der Waals surface area contributed by atoms with Crippen molar-refractivity contribution >= 4 is 0 Å². The van der Waals surface area contributed by atoms with Crippen LogP contribution in [0.1, 0.15) is 27.2 Å². The molecule has 10 heavy (non-hydrogen) atoms. The zero-order valence-electron chi connectivity index (χ0n) is 6.94. The van der Waals surface area contributed by atoms with E-state index >= 15 is 0 Å². The van der Waals surface area contributed by atoms with Crippen LogP contribution in [0.25, 0.3) is 0 Å². The maximum atomic E-state index is 3.38. The summed E-state index contributed by atoms with van der Waals surface area (Å²) in [6.07, 6.45) is 5.59. The molecular weight excluding hydrogens is 122 g/mol. The summed E-state index contributed by atoms with van der Waals surface area (Å²) in [5.74, 6) is 0. The Kier molecular flexibility index (Phi) is 2.15. The smallest absolute Gasteiger partial charge is 0.0264 e.